The molecular weight excluding hydrogens is 214 g/mol. The SMILES string of the molecule is CCCNCc1ccn(CC(=O)NC(C)C)c1. The molecule has 0 radical (unpaired) electrons. The zero-order valence-electron chi connectivity index (χ0n) is 11.0. The zero-order chi connectivity index (χ0) is 12.7. The number of hydrogen-bond donors (Lipinski definition) is 2. The molecule has 4 nitrogen and oxygen atoms in total. The molecule has 0 atom stereocenters. The summed E-state index contributed by atoms with van der Waals surface area (Å²) in [6.07, 6.45) is 5.10. The Hall–Kier alpha value is -1.29. The summed E-state index contributed by atoms with van der Waals surface area (Å²) < 4.78 is 1.92. The number of nitrogens with zero attached hydrogens (tertiary/aromatic N) is 1. The largest absolute Gasteiger partial charge is 0.352 e. The number of carbonyl (C=O) groups is 1. The van der Waals surface area contributed by atoms with E-state index in [4.69, 9.17) is 0 Å². The number of rotatable bonds is 7. The van der Waals surface area contributed by atoms with Gasteiger partial charge in [-0.2, -0.15) is 0 Å². The molecule has 0 saturated heterocycles. The van der Waals surface area contributed by atoms with Crippen LogP contribution < -0.4 is 10.6 Å². The van der Waals surface area contributed by atoms with E-state index in [0.717, 1.165) is 19.5 Å². The number of aromatic nitrogens is 1. The van der Waals surface area contributed by atoms with E-state index in [-0.39, 0.29) is 11.9 Å². The van der Waals surface area contributed by atoms with Crippen LogP contribution in [0.5, 0.6) is 0 Å². The molecule has 2 N–H and O–H groups in total. The molecule has 17 heavy (non-hydrogen) atoms. The van der Waals surface area contributed by atoms with Gasteiger partial charge >= 0.3 is 0 Å². The first-order valence-corrected chi connectivity index (χ1v) is 6.26. The van der Waals surface area contributed by atoms with Crippen LogP contribution in [0.25, 0.3) is 0 Å². The van der Waals surface area contributed by atoms with Crippen LogP contribution >= 0.6 is 0 Å². The van der Waals surface area contributed by atoms with E-state index in [9.17, 15) is 4.79 Å². The molecule has 1 amide bonds. The van der Waals surface area contributed by atoms with Crippen molar-refractivity contribution < 1.29 is 4.79 Å². The summed E-state index contributed by atoms with van der Waals surface area (Å²) in [6, 6.07) is 2.24. The Kier molecular flexibility index (Phi) is 5.77. The molecule has 0 aliphatic heterocycles. The maximum atomic E-state index is 11.5. The van der Waals surface area contributed by atoms with Crippen molar-refractivity contribution in [3.8, 4) is 0 Å². The van der Waals surface area contributed by atoms with Gasteiger partial charge in [0.25, 0.3) is 0 Å². The Morgan fingerprint density at radius 2 is 2.24 bits per heavy atom. The molecule has 4 heteroatoms. The molecule has 0 saturated carbocycles. The van der Waals surface area contributed by atoms with Crippen molar-refractivity contribution in [3.05, 3.63) is 24.0 Å². The van der Waals surface area contributed by atoms with Gasteiger partial charge in [-0.15, -0.1) is 0 Å². The second-order valence-electron chi connectivity index (χ2n) is 4.59. The predicted octanol–water partition coefficient (Wildman–Crippen LogP) is 1.51. The second kappa shape index (κ2) is 7.12. The van der Waals surface area contributed by atoms with Crippen molar-refractivity contribution in [2.24, 2.45) is 0 Å². The molecule has 96 valence electrons. The van der Waals surface area contributed by atoms with E-state index in [1.54, 1.807) is 0 Å². The normalized spacial score (nSPS) is 10.8. The van der Waals surface area contributed by atoms with Crippen molar-refractivity contribution >= 4 is 5.91 Å². The van der Waals surface area contributed by atoms with Crippen LogP contribution in [0.1, 0.15) is 32.8 Å². The smallest absolute Gasteiger partial charge is 0.240 e. The van der Waals surface area contributed by atoms with Gasteiger partial charge in [0.1, 0.15) is 6.54 Å². The van der Waals surface area contributed by atoms with Gasteiger partial charge < -0.3 is 15.2 Å². The van der Waals surface area contributed by atoms with Crippen molar-refractivity contribution in [2.75, 3.05) is 6.54 Å². The fourth-order valence-corrected chi connectivity index (χ4v) is 1.64. The number of hydrogen-bond acceptors (Lipinski definition) is 2. The maximum absolute atomic E-state index is 11.5. The lowest BCUT2D eigenvalue weighted by Gasteiger charge is -2.08. The lowest BCUT2D eigenvalue weighted by Crippen LogP contribution is -2.32. The highest BCUT2D eigenvalue weighted by Crippen LogP contribution is 2.01. The molecule has 1 heterocycles. The van der Waals surface area contributed by atoms with Gasteiger partial charge in [0.05, 0.1) is 0 Å². The monoisotopic (exact) mass is 237 g/mol. The second-order valence-corrected chi connectivity index (χ2v) is 4.59. The number of carbonyl (C=O) groups excluding carboxylic acids is 1. The lowest BCUT2D eigenvalue weighted by molar-refractivity contribution is -0.122. The standard InChI is InChI=1S/C13H23N3O/c1-4-6-14-8-12-5-7-16(9-12)10-13(17)15-11(2)3/h5,7,9,11,14H,4,6,8,10H2,1-3H3,(H,15,17). The lowest BCUT2D eigenvalue weighted by atomic mass is 10.3. The predicted molar refractivity (Wildman–Crippen MR) is 69.7 cm³/mol. The molecule has 0 aliphatic carbocycles. The molecule has 0 bridgehead atoms. The van der Waals surface area contributed by atoms with Crippen LogP contribution in [-0.4, -0.2) is 23.1 Å². The third kappa shape index (κ3) is 5.54. The summed E-state index contributed by atoms with van der Waals surface area (Å²) in [5.41, 5.74) is 1.22. The molecule has 0 aliphatic rings. The summed E-state index contributed by atoms with van der Waals surface area (Å²) in [4.78, 5) is 11.5. The quantitative estimate of drug-likeness (QED) is 0.706. The first kappa shape index (κ1) is 13.8. The minimum atomic E-state index is 0.0590. The van der Waals surface area contributed by atoms with Crippen molar-refractivity contribution in [3.63, 3.8) is 0 Å². The van der Waals surface area contributed by atoms with Crippen LogP contribution in [0.4, 0.5) is 0 Å². The minimum absolute atomic E-state index is 0.0590. The zero-order valence-corrected chi connectivity index (χ0v) is 11.0. The van der Waals surface area contributed by atoms with Gasteiger partial charge in [-0.3, -0.25) is 4.79 Å². The van der Waals surface area contributed by atoms with E-state index < -0.39 is 0 Å². The van der Waals surface area contributed by atoms with Crippen LogP contribution in [-0.2, 0) is 17.9 Å². The first-order chi connectivity index (χ1) is 8.11. The first-order valence-electron chi connectivity index (χ1n) is 6.26. The Balaban J connectivity index is 2.37. The highest BCUT2D eigenvalue weighted by molar-refractivity contribution is 5.75. The van der Waals surface area contributed by atoms with E-state index in [2.05, 4.69) is 17.6 Å². The van der Waals surface area contributed by atoms with Crippen LogP contribution in [0.2, 0.25) is 0 Å². The van der Waals surface area contributed by atoms with Crippen LogP contribution in [0.3, 0.4) is 0 Å². The number of nitrogens with one attached hydrogen (secondary N) is 2. The highest BCUT2D eigenvalue weighted by atomic mass is 16.2. The summed E-state index contributed by atoms with van der Waals surface area (Å²) in [6.45, 7) is 8.37. The van der Waals surface area contributed by atoms with Gasteiger partial charge in [-0.25, -0.2) is 0 Å². The molecule has 0 spiro atoms. The van der Waals surface area contributed by atoms with Crippen LogP contribution in [0.15, 0.2) is 18.5 Å². The van der Waals surface area contributed by atoms with Crippen molar-refractivity contribution in [1.82, 2.24) is 15.2 Å². The third-order valence-corrected chi connectivity index (χ3v) is 2.34. The van der Waals surface area contributed by atoms with Gasteiger partial charge in [-0.05, 0) is 38.4 Å². The van der Waals surface area contributed by atoms with E-state index in [0.29, 0.717) is 6.54 Å². The molecule has 1 aromatic rings. The average Bonchev–Trinajstić information content (AvgIpc) is 2.64. The van der Waals surface area contributed by atoms with E-state index in [1.807, 2.05) is 36.9 Å². The maximum Gasteiger partial charge on any atom is 0.240 e. The summed E-state index contributed by atoms with van der Waals surface area (Å²) in [5, 5.41) is 6.21. The molecule has 0 unspecified atom stereocenters. The van der Waals surface area contributed by atoms with Gasteiger partial charge in [0.2, 0.25) is 5.91 Å². The Morgan fingerprint density at radius 1 is 1.47 bits per heavy atom. The topological polar surface area (TPSA) is 46.1 Å². The average molecular weight is 237 g/mol. The molecule has 1 rings (SSSR count). The highest BCUT2D eigenvalue weighted by Gasteiger charge is 2.04. The minimum Gasteiger partial charge on any atom is -0.352 e. The van der Waals surface area contributed by atoms with Crippen LogP contribution in [0, 0.1) is 0 Å². The fraction of sp³-hybridized carbons (Fsp3) is 0.615. The Bertz CT molecular complexity index is 344. The summed E-state index contributed by atoms with van der Waals surface area (Å²) in [7, 11) is 0. The fourth-order valence-electron chi connectivity index (χ4n) is 1.64. The summed E-state index contributed by atoms with van der Waals surface area (Å²) >= 11 is 0. The molecular formula is C13H23N3O. The number of amides is 1. The molecule has 0 aromatic carbocycles. The molecule has 1 aromatic heterocycles. The Morgan fingerprint density at radius 3 is 2.88 bits per heavy atom. The van der Waals surface area contributed by atoms with Gasteiger partial charge in [-0.1, -0.05) is 6.92 Å². The van der Waals surface area contributed by atoms with E-state index in [1.165, 1.54) is 5.56 Å². The van der Waals surface area contributed by atoms with Gasteiger partial charge in [0, 0.05) is 25.0 Å². The van der Waals surface area contributed by atoms with Crippen molar-refractivity contribution in [2.45, 2.75) is 46.3 Å². The third-order valence-electron chi connectivity index (χ3n) is 2.34. The molecule has 0 fully saturated rings. The summed E-state index contributed by atoms with van der Waals surface area (Å²) in [5.74, 6) is 0.0590. The van der Waals surface area contributed by atoms with Gasteiger partial charge in [0.15, 0.2) is 0 Å². The van der Waals surface area contributed by atoms with Crippen molar-refractivity contribution in [1.29, 1.82) is 0 Å². The Labute approximate surface area is 103 Å². The van der Waals surface area contributed by atoms with E-state index >= 15 is 0 Å².